The van der Waals surface area contributed by atoms with Crippen LogP contribution in [0, 0.1) is 0 Å². The van der Waals surface area contributed by atoms with E-state index in [4.69, 9.17) is 4.74 Å². The van der Waals surface area contributed by atoms with Gasteiger partial charge in [0.15, 0.2) is 0 Å². The molecule has 2 aliphatic rings. The van der Waals surface area contributed by atoms with Crippen LogP contribution < -0.4 is 19.8 Å². The predicted molar refractivity (Wildman–Crippen MR) is 101 cm³/mol. The van der Waals surface area contributed by atoms with Crippen LogP contribution >= 0.6 is 0 Å². The first-order valence-corrected chi connectivity index (χ1v) is 10.7. The van der Waals surface area contributed by atoms with Crippen molar-refractivity contribution < 1.29 is 17.9 Å². The second-order valence-electron chi connectivity index (χ2n) is 6.60. The van der Waals surface area contributed by atoms with E-state index in [-0.39, 0.29) is 25.2 Å². The lowest BCUT2D eigenvalue weighted by molar-refractivity contribution is 0.123. The molecule has 0 unspecified atom stereocenters. The Balaban J connectivity index is 1.72. The molecule has 2 fully saturated rings. The molecule has 8 nitrogen and oxygen atoms in total. The number of urea groups is 1. The normalized spacial score (nSPS) is 17.7. The summed E-state index contributed by atoms with van der Waals surface area (Å²) in [6.45, 7) is 3.10. The van der Waals surface area contributed by atoms with E-state index in [0.717, 1.165) is 31.6 Å². The average molecular weight is 382 g/mol. The summed E-state index contributed by atoms with van der Waals surface area (Å²) in [4.78, 5) is 13.9. The lowest BCUT2D eigenvalue weighted by Crippen LogP contribution is -2.43. The largest absolute Gasteiger partial charge is 0.378 e. The molecule has 1 saturated carbocycles. The molecule has 3 rings (SSSR count). The number of amides is 2. The van der Waals surface area contributed by atoms with Gasteiger partial charge in [-0.2, -0.15) is 0 Å². The van der Waals surface area contributed by atoms with E-state index in [1.54, 1.807) is 6.07 Å². The van der Waals surface area contributed by atoms with E-state index in [9.17, 15) is 13.2 Å². The number of morpholine rings is 1. The van der Waals surface area contributed by atoms with Gasteiger partial charge in [-0.3, -0.25) is 4.31 Å². The van der Waals surface area contributed by atoms with Crippen LogP contribution in [0.15, 0.2) is 24.3 Å². The minimum atomic E-state index is -3.48. The van der Waals surface area contributed by atoms with Crippen LogP contribution in [0.5, 0.6) is 0 Å². The maximum atomic E-state index is 12.4. The van der Waals surface area contributed by atoms with Crippen LogP contribution in [0.4, 0.5) is 16.2 Å². The number of para-hydroxylation sites is 2. The summed E-state index contributed by atoms with van der Waals surface area (Å²) in [5.74, 6) is 0. The topological polar surface area (TPSA) is 91.0 Å². The maximum absolute atomic E-state index is 12.4. The van der Waals surface area contributed by atoms with E-state index in [1.807, 2.05) is 18.2 Å². The molecule has 2 N–H and O–H groups in total. The van der Waals surface area contributed by atoms with Crippen LogP contribution in [0.1, 0.15) is 12.8 Å². The highest BCUT2D eigenvalue weighted by atomic mass is 32.2. The SMILES string of the molecule is CS(=O)(=O)N(CCNC(=O)NC1CC1)c1ccccc1N1CCOCC1. The summed E-state index contributed by atoms with van der Waals surface area (Å²) in [6, 6.07) is 7.47. The number of hydrogen-bond acceptors (Lipinski definition) is 5. The van der Waals surface area contributed by atoms with Crippen LogP contribution in [0.2, 0.25) is 0 Å². The monoisotopic (exact) mass is 382 g/mol. The first-order chi connectivity index (χ1) is 12.4. The average Bonchev–Trinajstić information content (AvgIpc) is 3.42. The van der Waals surface area contributed by atoms with Crippen molar-refractivity contribution in [1.29, 1.82) is 0 Å². The molecule has 0 bridgehead atoms. The number of hydrogen-bond donors (Lipinski definition) is 2. The van der Waals surface area contributed by atoms with E-state index in [0.29, 0.717) is 18.9 Å². The van der Waals surface area contributed by atoms with Crippen molar-refractivity contribution in [3.8, 4) is 0 Å². The van der Waals surface area contributed by atoms with Crippen molar-refractivity contribution in [2.24, 2.45) is 0 Å². The lowest BCUT2D eigenvalue weighted by atomic mass is 10.2. The summed E-state index contributed by atoms with van der Waals surface area (Å²) in [7, 11) is -3.48. The molecule has 1 saturated heterocycles. The quantitative estimate of drug-likeness (QED) is 0.726. The summed E-state index contributed by atoms with van der Waals surface area (Å²) < 4.78 is 31.5. The standard InChI is InChI=1S/C17H26N4O4S/c1-26(23,24)21(9-8-18-17(22)19-14-6-7-14)16-5-3-2-4-15(16)20-10-12-25-13-11-20/h2-5,14H,6-13H2,1H3,(H2,18,19,22). The lowest BCUT2D eigenvalue weighted by Gasteiger charge is -2.33. The Morgan fingerprint density at radius 1 is 1.27 bits per heavy atom. The third-order valence-electron chi connectivity index (χ3n) is 4.42. The van der Waals surface area contributed by atoms with Crippen molar-refractivity contribution in [2.45, 2.75) is 18.9 Å². The number of sulfonamides is 1. The number of carbonyl (C=O) groups excluding carboxylic acids is 1. The van der Waals surface area contributed by atoms with E-state index < -0.39 is 10.0 Å². The zero-order chi connectivity index (χ0) is 18.6. The van der Waals surface area contributed by atoms with Crippen molar-refractivity contribution >= 4 is 27.4 Å². The molecule has 1 heterocycles. The predicted octanol–water partition coefficient (Wildman–Crippen LogP) is 0.751. The van der Waals surface area contributed by atoms with Gasteiger partial charge in [0.2, 0.25) is 10.0 Å². The fourth-order valence-corrected chi connectivity index (χ4v) is 3.88. The highest BCUT2D eigenvalue weighted by Crippen LogP contribution is 2.31. The van der Waals surface area contributed by atoms with Gasteiger partial charge in [0, 0.05) is 25.7 Å². The van der Waals surface area contributed by atoms with Gasteiger partial charge in [0.05, 0.1) is 37.4 Å². The number of nitrogens with one attached hydrogen (secondary N) is 2. The number of ether oxygens (including phenoxy) is 1. The van der Waals surface area contributed by atoms with E-state index >= 15 is 0 Å². The number of benzene rings is 1. The Labute approximate surface area is 154 Å². The first-order valence-electron chi connectivity index (χ1n) is 8.89. The van der Waals surface area contributed by atoms with Gasteiger partial charge in [-0.1, -0.05) is 12.1 Å². The molecule has 144 valence electrons. The van der Waals surface area contributed by atoms with Gasteiger partial charge >= 0.3 is 6.03 Å². The van der Waals surface area contributed by atoms with Crippen LogP contribution in [-0.4, -0.2) is 66.1 Å². The molecule has 1 aliphatic heterocycles. The zero-order valence-corrected chi connectivity index (χ0v) is 15.8. The highest BCUT2D eigenvalue weighted by molar-refractivity contribution is 7.92. The third kappa shape index (κ3) is 5.01. The van der Waals surface area contributed by atoms with Crippen molar-refractivity contribution in [3.63, 3.8) is 0 Å². The first kappa shape index (κ1) is 18.8. The van der Waals surface area contributed by atoms with Crippen LogP contribution in [0.3, 0.4) is 0 Å². The highest BCUT2D eigenvalue weighted by Gasteiger charge is 2.25. The number of carbonyl (C=O) groups is 1. The summed E-state index contributed by atoms with van der Waals surface area (Å²) in [6.07, 6.45) is 3.21. The fourth-order valence-electron chi connectivity index (χ4n) is 2.95. The van der Waals surface area contributed by atoms with Crippen molar-refractivity contribution in [3.05, 3.63) is 24.3 Å². The minimum absolute atomic E-state index is 0.179. The van der Waals surface area contributed by atoms with E-state index in [1.165, 1.54) is 10.6 Å². The number of rotatable bonds is 7. The van der Waals surface area contributed by atoms with Gasteiger partial charge in [0.1, 0.15) is 0 Å². The fraction of sp³-hybridized carbons (Fsp3) is 0.588. The van der Waals surface area contributed by atoms with Crippen molar-refractivity contribution in [2.75, 3.05) is 54.9 Å². The molecular weight excluding hydrogens is 356 g/mol. The molecule has 0 atom stereocenters. The second kappa shape index (κ2) is 8.13. The van der Waals surface area contributed by atoms with Gasteiger partial charge in [-0.15, -0.1) is 0 Å². The van der Waals surface area contributed by atoms with Gasteiger partial charge in [-0.05, 0) is 25.0 Å². The molecule has 1 aromatic carbocycles. The summed E-state index contributed by atoms with van der Waals surface area (Å²) >= 11 is 0. The van der Waals surface area contributed by atoms with Crippen molar-refractivity contribution in [1.82, 2.24) is 10.6 Å². The Bertz CT molecular complexity index is 730. The molecule has 9 heteroatoms. The number of nitrogens with zero attached hydrogens (tertiary/aromatic N) is 2. The van der Waals surface area contributed by atoms with Gasteiger partial charge in [0.25, 0.3) is 0 Å². The Hall–Kier alpha value is -2.00. The summed E-state index contributed by atoms with van der Waals surface area (Å²) in [5, 5.41) is 5.56. The molecule has 0 spiro atoms. The number of anilines is 2. The molecule has 26 heavy (non-hydrogen) atoms. The Kier molecular flexibility index (Phi) is 5.87. The van der Waals surface area contributed by atoms with Crippen LogP contribution in [-0.2, 0) is 14.8 Å². The molecule has 2 amide bonds. The minimum Gasteiger partial charge on any atom is -0.378 e. The molecule has 0 aromatic heterocycles. The maximum Gasteiger partial charge on any atom is 0.315 e. The third-order valence-corrected chi connectivity index (χ3v) is 5.60. The van der Waals surface area contributed by atoms with Crippen LogP contribution in [0.25, 0.3) is 0 Å². The second-order valence-corrected chi connectivity index (χ2v) is 8.50. The van der Waals surface area contributed by atoms with Gasteiger partial charge < -0.3 is 20.3 Å². The molecule has 0 radical (unpaired) electrons. The molecule has 1 aliphatic carbocycles. The summed E-state index contributed by atoms with van der Waals surface area (Å²) in [5.41, 5.74) is 1.49. The van der Waals surface area contributed by atoms with Gasteiger partial charge in [-0.25, -0.2) is 13.2 Å². The zero-order valence-electron chi connectivity index (χ0n) is 15.0. The molecular formula is C17H26N4O4S. The Morgan fingerprint density at radius 3 is 2.62 bits per heavy atom. The Morgan fingerprint density at radius 2 is 1.96 bits per heavy atom. The molecule has 1 aromatic rings. The van der Waals surface area contributed by atoms with E-state index in [2.05, 4.69) is 15.5 Å². The smallest absolute Gasteiger partial charge is 0.315 e.